The topological polar surface area (TPSA) is 110 Å². The van der Waals surface area contributed by atoms with Gasteiger partial charge in [0.1, 0.15) is 6.33 Å². The summed E-state index contributed by atoms with van der Waals surface area (Å²) in [7, 11) is -3.70. The third-order valence-electron chi connectivity index (χ3n) is 5.47. The Morgan fingerprint density at radius 2 is 1.87 bits per heavy atom. The molecule has 0 radical (unpaired) electrons. The number of nitrogens with one attached hydrogen (secondary N) is 1. The van der Waals surface area contributed by atoms with Gasteiger partial charge in [-0.1, -0.05) is 19.1 Å². The number of aromatic nitrogens is 4. The van der Waals surface area contributed by atoms with Crippen molar-refractivity contribution in [2.75, 3.05) is 18.4 Å². The zero-order valence-corrected chi connectivity index (χ0v) is 18.0. The summed E-state index contributed by atoms with van der Waals surface area (Å²) in [6, 6.07) is 14.1. The molecule has 1 aliphatic heterocycles. The van der Waals surface area contributed by atoms with E-state index in [1.54, 1.807) is 12.1 Å². The van der Waals surface area contributed by atoms with Crippen molar-refractivity contribution >= 4 is 21.6 Å². The van der Waals surface area contributed by atoms with Gasteiger partial charge in [0.05, 0.1) is 16.5 Å². The predicted octanol–water partition coefficient (Wildman–Crippen LogP) is 2.26. The molecule has 162 valence electrons. The van der Waals surface area contributed by atoms with Crippen LogP contribution in [0.15, 0.2) is 59.8 Å². The quantitative estimate of drug-likeness (QED) is 0.630. The normalized spacial score (nSPS) is 17.4. The highest BCUT2D eigenvalue weighted by molar-refractivity contribution is 7.89. The largest absolute Gasteiger partial charge is 0.326 e. The van der Waals surface area contributed by atoms with Crippen LogP contribution in [-0.2, 0) is 21.2 Å². The molecule has 1 saturated heterocycles. The molecule has 1 aliphatic rings. The molecular formula is C21H24N6O3S. The number of carbonyl (C=O) groups excluding carboxylic acids is 1. The lowest BCUT2D eigenvalue weighted by molar-refractivity contribution is -0.120. The lowest BCUT2D eigenvalue weighted by Crippen LogP contribution is -2.43. The number of carbonyl (C=O) groups is 1. The summed E-state index contributed by atoms with van der Waals surface area (Å²) in [6.07, 6.45) is 3.66. The van der Waals surface area contributed by atoms with Crippen LogP contribution in [0.4, 0.5) is 5.69 Å². The Morgan fingerprint density at radius 3 is 2.52 bits per heavy atom. The van der Waals surface area contributed by atoms with Crippen LogP contribution in [0.1, 0.15) is 25.3 Å². The second kappa shape index (κ2) is 8.94. The molecule has 31 heavy (non-hydrogen) atoms. The van der Waals surface area contributed by atoms with Gasteiger partial charge in [-0.3, -0.25) is 4.79 Å². The third-order valence-corrected chi connectivity index (χ3v) is 7.35. The van der Waals surface area contributed by atoms with Gasteiger partial charge in [0.15, 0.2) is 0 Å². The maximum atomic E-state index is 13.1. The lowest BCUT2D eigenvalue weighted by Gasteiger charge is -2.31. The highest BCUT2D eigenvalue weighted by atomic mass is 32.2. The summed E-state index contributed by atoms with van der Waals surface area (Å²) in [6.45, 7) is 2.63. The first-order valence-corrected chi connectivity index (χ1v) is 11.6. The standard InChI is InChI=1S/C21H24N6O3S/c1-2-16-5-7-18(8-6-16)23-21(28)17-4-3-13-26(14-17)31(29,30)20-11-9-19(10-12-20)27-15-22-24-25-27/h5-12,15,17H,2-4,13-14H2,1H3,(H,23,28). The fourth-order valence-corrected chi connectivity index (χ4v) is 5.17. The van der Waals surface area contributed by atoms with Crippen molar-refractivity contribution in [3.63, 3.8) is 0 Å². The smallest absolute Gasteiger partial charge is 0.243 e. The second-order valence-electron chi connectivity index (χ2n) is 7.49. The molecule has 1 unspecified atom stereocenters. The predicted molar refractivity (Wildman–Crippen MR) is 115 cm³/mol. The van der Waals surface area contributed by atoms with Crippen LogP contribution < -0.4 is 5.32 Å². The highest BCUT2D eigenvalue weighted by Crippen LogP contribution is 2.25. The number of amides is 1. The van der Waals surface area contributed by atoms with Crippen molar-refractivity contribution in [1.82, 2.24) is 24.5 Å². The van der Waals surface area contributed by atoms with Crippen molar-refractivity contribution in [3.05, 3.63) is 60.4 Å². The van der Waals surface area contributed by atoms with Crippen molar-refractivity contribution in [3.8, 4) is 5.69 Å². The maximum absolute atomic E-state index is 13.1. The van der Waals surface area contributed by atoms with Gasteiger partial charge in [0.2, 0.25) is 15.9 Å². The number of piperidine rings is 1. The number of tetrazole rings is 1. The van der Waals surface area contributed by atoms with Gasteiger partial charge in [0, 0.05) is 18.8 Å². The van der Waals surface area contributed by atoms with Gasteiger partial charge in [-0.25, -0.2) is 13.1 Å². The zero-order valence-electron chi connectivity index (χ0n) is 17.2. The molecule has 2 heterocycles. The SMILES string of the molecule is CCc1ccc(NC(=O)C2CCCN(S(=O)(=O)c3ccc(-n4cnnn4)cc3)C2)cc1. The molecule has 3 aromatic rings. The number of benzene rings is 2. The minimum Gasteiger partial charge on any atom is -0.326 e. The van der Waals surface area contributed by atoms with Gasteiger partial charge in [0.25, 0.3) is 0 Å². The fraction of sp³-hybridized carbons (Fsp3) is 0.333. The summed E-state index contributed by atoms with van der Waals surface area (Å²) in [5.41, 5.74) is 2.58. The highest BCUT2D eigenvalue weighted by Gasteiger charge is 2.33. The first-order chi connectivity index (χ1) is 15.0. The van der Waals surface area contributed by atoms with Gasteiger partial charge < -0.3 is 5.32 Å². The number of sulfonamides is 1. The number of nitrogens with zero attached hydrogens (tertiary/aromatic N) is 5. The summed E-state index contributed by atoms with van der Waals surface area (Å²) in [4.78, 5) is 12.9. The molecule has 1 fully saturated rings. The molecule has 0 bridgehead atoms. The second-order valence-corrected chi connectivity index (χ2v) is 9.43. The van der Waals surface area contributed by atoms with E-state index in [-0.39, 0.29) is 17.3 Å². The molecule has 4 rings (SSSR count). The van der Waals surface area contributed by atoms with Crippen LogP contribution >= 0.6 is 0 Å². The average Bonchev–Trinajstić information content (AvgIpc) is 3.35. The van der Waals surface area contributed by atoms with E-state index in [2.05, 4.69) is 27.8 Å². The number of aryl methyl sites for hydroxylation is 1. The summed E-state index contributed by atoms with van der Waals surface area (Å²) >= 11 is 0. The Hall–Kier alpha value is -3.11. The monoisotopic (exact) mass is 440 g/mol. The fourth-order valence-electron chi connectivity index (χ4n) is 3.64. The minimum absolute atomic E-state index is 0.154. The minimum atomic E-state index is -3.70. The van der Waals surface area contributed by atoms with E-state index in [9.17, 15) is 13.2 Å². The summed E-state index contributed by atoms with van der Waals surface area (Å²) in [5, 5.41) is 13.9. The van der Waals surface area contributed by atoms with E-state index in [1.165, 1.54) is 33.0 Å². The molecule has 2 aromatic carbocycles. The van der Waals surface area contributed by atoms with E-state index in [4.69, 9.17) is 0 Å². The molecule has 1 amide bonds. The molecular weight excluding hydrogens is 416 g/mol. The van der Waals surface area contributed by atoms with E-state index in [0.29, 0.717) is 25.1 Å². The maximum Gasteiger partial charge on any atom is 0.243 e. The van der Waals surface area contributed by atoms with Crippen molar-refractivity contribution in [1.29, 1.82) is 0 Å². The molecule has 10 heteroatoms. The number of anilines is 1. The van der Waals surface area contributed by atoms with Crippen LogP contribution in [0.25, 0.3) is 5.69 Å². The number of hydrogen-bond acceptors (Lipinski definition) is 6. The Labute approximate surface area is 181 Å². The first kappa shape index (κ1) is 21.1. The Bertz CT molecular complexity index is 1130. The number of hydrogen-bond donors (Lipinski definition) is 1. The molecule has 9 nitrogen and oxygen atoms in total. The van der Waals surface area contributed by atoms with Crippen LogP contribution in [0.5, 0.6) is 0 Å². The molecule has 1 N–H and O–H groups in total. The van der Waals surface area contributed by atoms with E-state index in [0.717, 1.165) is 12.1 Å². The molecule has 0 spiro atoms. The Balaban J connectivity index is 1.44. The van der Waals surface area contributed by atoms with E-state index >= 15 is 0 Å². The first-order valence-electron chi connectivity index (χ1n) is 10.2. The van der Waals surface area contributed by atoms with Crippen LogP contribution in [0.3, 0.4) is 0 Å². The molecule has 0 saturated carbocycles. The molecule has 1 aromatic heterocycles. The van der Waals surface area contributed by atoms with Crippen LogP contribution in [-0.4, -0.2) is 51.9 Å². The van der Waals surface area contributed by atoms with Crippen molar-refractivity contribution in [2.24, 2.45) is 5.92 Å². The summed E-state index contributed by atoms with van der Waals surface area (Å²) < 4.78 is 29.1. The van der Waals surface area contributed by atoms with E-state index < -0.39 is 15.9 Å². The van der Waals surface area contributed by atoms with Gasteiger partial charge in [-0.15, -0.1) is 5.10 Å². The Morgan fingerprint density at radius 1 is 1.13 bits per heavy atom. The van der Waals surface area contributed by atoms with Gasteiger partial charge in [-0.2, -0.15) is 4.31 Å². The van der Waals surface area contributed by atoms with Crippen molar-refractivity contribution in [2.45, 2.75) is 31.1 Å². The van der Waals surface area contributed by atoms with Gasteiger partial charge >= 0.3 is 0 Å². The van der Waals surface area contributed by atoms with Crippen LogP contribution in [0, 0.1) is 5.92 Å². The average molecular weight is 441 g/mol. The third kappa shape index (κ3) is 4.64. The lowest BCUT2D eigenvalue weighted by atomic mass is 9.98. The van der Waals surface area contributed by atoms with Gasteiger partial charge in [-0.05, 0) is 71.7 Å². The Kier molecular flexibility index (Phi) is 6.10. The van der Waals surface area contributed by atoms with E-state index in [1.807, 2.05) is 24.3 Å². The van der Waals surface area contributed by atoms with Crippen LogP contribution in [0.2, 0.25) is 0 Å². The summed E-state index contributed by atoms with van der Waals surface area (Å²) in [5.74, 6) is -0.548. The molecule has 0 aliphatic carbocycles. The number of rotatable bonds is 6. The van der Waals surface area contributed by atoms with Crippen molar-refractivity contribution < 1.29 is 13.2 Å². The molecule has 1 atom stereocenters. The zero-order chi connectivity index (χ0) is 21.8.